The first kappa shape index (κ1) is 9.95. The van der Waals surface area contributed by atoms with Crippen LogP contribution in [-0.4, -0.2) is 34.5 Å². The van der Waals surface area contributed by atoms with Crippen LogP contribution in [0.25, 0.3) is 0 Å². The molecule has 0 radical (unpaired) electrons. The minimum Gasteiger partial charge on any atom is -0.381 e. The van der Waals surface area contributed by atoms with Crippen LogP contribution in [0.5, 0.6) is 0 Å². The minimum atomic E-state index is -3.26. The summed E-state index contributed by atoms with van der Waals surface area (Å²) in [5, 5.41) is 0. The van der Waals surface area contributed by atoms with Crippen LogP contribution in [0, 0.1) is 5.92 Å². The summed E-state index contributed by atoms with van der Waals surface area (Å²) in [5.74, 6) is 0.478. The predicted molar refractivity (Wildman–Crippen MR) is 44.3 cm³/mol. The van der Waals surface area contributed by atoms with E-state index in [0.717, 1.165) is 32.3 Å². The average Bonchev–Trinajstić information content (AvgIpc) is 2.36. The SMILES string of the molecule is CS(=O)(=O)OCC[C@H]1CCOC1. The van der Waals surface area contributed by atoms with Crippen LogP contribution in [0.15, 0.2) is 0 Å². The number of hydrogen-bond acceptors (Lipinski definition) is 4. The lowest BCUT2D eigenvalue weighted by molar-refractivity contribution is 0.178. The molecule has 0 spiro atoms. The van der Waals surface area contributed by atoms with Crippen LogP contribution in [-0.2, 0) is 19.0 Å². The van der Waals surface area contributed by atoms with Gasteiger partial charge in [-0.3, -0.25) is 4.18 Å². The van der Waals surface area contributed by atoms with Crippen molar-refractivity contribution in [3.8, 4) is 0 Å². The van der Waals surface area contributed by atoms with Gasteiger partial charge >= 0.3 is 0 Å². The smallest absolute Gasteiger partial charge is 0.264 e. The second-order valence-electron chi connectivity index (χ2n) is 3.04. The Morgan fingerprint density at radius 3 is 2.83 bits per heavy atom. The summed E-state index contributed by atoms with van der Waals surface area (Å²) in [5.41, 5.74) is 0. The second-order valence-corrected chi connectivity index (χ2v) is 4.69. The van der Waals surface area contributed by atoms with Crippen LogP contribution in [0.1, 0.15) is 12.8 Å². The highest BCUT2D eigenvalue weighted by Gasteiger charge is 2.15. The third kappa shape index (κ3) is 4.04. The van der Waals surface area contributed by atoms with Crippen LogP contribution in [0.2, 0.25) is 0 Å². The zero-order valence-corrected chi connectivity index (χ0v) is 7.97. The first-order valence-corrected chi connectivity index (χ1v) is 5.82. The monoisotopic (exact) mass is 194 g/mol. The molecule has 0 bridgehead atoms. The molecule has 1 fully saturated rings. The Morgan fingerprint density at radius 2 is 2.33 bits per heavy atom. The van der Waals surface area contributed by atoms with Crippen molar-refractivity contribution >= 4 is 10.1 Å². The van der Waals surface area contributed by atoms with E-state index >= 15 is 0 Å². The molecule has 5 heteroatoms. The summed E-state index contributed by atoms with van der Waals surface area (Å²) < 4.78 is 30.8. The van der Waals surface area contributed by atoms with Crippen molar-refractivity contribution in [3.05, 3.63) is 0 Å². The van der Waals surface area contributed by atoms with E-state index in [1.165, 1.54) is 0 Å². The van der Waals surface area contributed by atoms with Gasteiger partial charge in [0.2, 0.25) is 0 Å². The molecule has 1 heterocycles. The van der Waals surface area contributed by atoms with Gasteiger partial charge in [0, 0.05) is 13.2 Å². The van der Waals surface area contributed by atoms with Crippen LogP contribution >= 0.6 is 0 Å². The lowest BCUT2D eigenvalue weighted by Gasteiger charge is -2.05. The van der Waals surface area contributed by atoms with Gasteiger partial charge in [-0.05, 0) is 18.8 Å². The lowest BCUT2D eigenvalue weighted by atomic mass is 10.1. The average molecular weight is 194 g/mol. The Hall–Kier alpha value is -0.130. The Morgan fingerprint density at radius 1 is 1.58 bits per heavy atom. The van der Waals surface area contributed by atoms with Crippen molar-refractivity contribution in [1.82, 2.24) is 0 Å². The number of hydrogen-bond donors (Lipinski definition) is 0. The third-order valence-electron chi connectivity index (χ3n) is 1.85. The Kier molecular flexibility index (Phi) is 3.49. The van der Waals surface area contributed by atoms with Gasteiger partial charge in [-0.2, -0.15) is 8.42 Å². The fourth-order valence-corrected chi connectivity index (χ4v) is 1.58. The lowest BCUT2D eigenvalue weighted by Crippen LogP contribution is -2.09. The van der Waals surface area contributed by atoms with Gasteiger partial charge in [0.05, 0.1) is 12.9 Å². The molecule has 0 N–H and O–H groups in total. The van der Waals surface area contributed by atoms with Crippen molar-refractivity contribution in [2.75, 3.05) is 26.1 Å². The zero-order valence-electron chi connectivity index (χ0n) is 7.15. The van der Waals surface area contributed by atoms with Gasteiger partial charge < -0.3 is 4.74 Å². The van der Waals surface area contributed by atoms with Crippen molar-refractivity contribution < 1.29 is 17.3 Å². The van der Waals surface area contributed by atoms with Gasteiger partial charge in [0.25, 0.3) is 10.1 Å². The van der Waals surface area contributed by atoms with E-state index in [2.05, 4.69) is 4.18 Å². The minimum absolute atomic E-state index is 0.285. The quantitative estimate of drug-likeness (QED) is 0.607. The topological polar surface area (TPSA) is 52.6 Å². The third-order valence-corrected chi connectivity index (χ3v) is 2.44. The maximum atomic E-state index is 10.6. The maximum absolute atomic E-state index is 10.6. The highest BCUT2D eigenvalue weighted by molar-refractivity contribution is 7.85. The van der Waals surface area contributed by atoms with Crippen LogP contribution in [0.3, 0.4) is 0 Å². The maximum Gasteiger partial charge on any atom is 0.264 e. The second kappa shape index (κ2) is 4.20. The highest BCUT2D eigenvalue weighted by Crippen LogP contribution is 2.16. The summed E-state index contributed by atoms with van der Waals surface area (Å²) in [6.07, 6.45) is 2.86. The van der Waals surface area contributed by atoms with E-state index in [4.69, 9.17) is 4.74 Å². The van der Waals surface area contributed by atoms with Crippen molar-refractivity contribution in [2.24, 2.45) is 5.92 Å². The molecule has 1 rings (SSSR count). The normalized spacial score (nSPS) is 24.6. The molecule has 1 aliphatic rings. The zero-order chi connectivity index (χ0) is 9.03. The molecule has 0 amide bonds. The van der Waals surface area contributed by atoms with Gasteiger partial charge in [0.15, 0.2) is 0 Å². The van der Waals surface area contributed by atoms with Crippen LogP contribution in [0.4, 0.5) is 0 Å². The molecule has 1 atom stereocenters. The van der Waals surface area contributed by atoms with E-state index in [0.29, 0.717) is 5.92 Å². The molecule has 0 aromatic heterocycles. The molecule has 0 aromatic carbocycles. The summed E-state index contributed by atoms with van der Waals surface area (Å²) in [7, 11) is -3.26. The molecular weight excluding hydrogens is 180 g/mol. The number of ether oxygens (including phenoxy) is 1. The molecule has 1 aliphatic heterocycles. The fourth-order valence-electron chi connectivity index (χ4n) is 1.18. The Balaban J connectivity index is 2.09. The van der Waals surface area contributed by atoms with Crippen molar-refractivity contribution in [3.63, 3.8) is 0 Å². The molecule has 0 unspecified atom stereocenters. The fraction of sp³-hybridized carbons (Fsp3) is 1.00. The molecule has 0 saturated carbocycles. The van der Waals surface area contributed by atoms with E-state index < -0.39 is 10.1 Å². The summed E-state index contributed by atoms with van der Waals surface area (Å²) in [6.45, 7) is 1.82. The molecular formula is C7H14O4S. The van der Waals surface area contributed by atoms with Gasteiger partial charge in [-0.25, -0.2) is 0 Å². The Labute approximate surface area is 73.0 Å². The first-order chi connectivity index (χ1) is 5.58. The van der Waals surface area contributed by atoms with E-state index in [9.17, 15) is 8.42 Å². The standard InChI is InChI=1S/C7H14O4S/c1-12(8,9)11-5-3-7-2-4-10-6-7/h7H,2-6H2,1H3/t7-/m1/s1. The van der Waals surface area contributed by atoms with E-state index in [1.807, 2.05) is 0 Å². The summed E-state index contributed by atoms with van der Waals surface area (Å²) in [6, 6.07) is 0. The van der Waals surface area contributed by atoms with Crippen molar-refractivity contribution in [2.45, 2.75) is 12.8 Å². The van der Waals surface area contributed by atoms with E-state index in [1.54, 1.807) is 0 Å². The molecule has 0 aromatic rings. The largest absolute Gasteiger partial charge is 0.381 e. The molecule has 0 aliphatic carbocycles. The summed E-state index contributed by atoms with van der Waals surface area (Å²) >= 11 is 0. The van der Waals surface area contributed by atoms with Crippen molar-refractivity contribution in [1.29, 1.82) is 0 Å². The molecule has 1 saturated heterocycles. The van der Waals surface area contributed by atoms with E-state index in [-0.39, 0.29) is 6.61 Å². The van der Waals surface area contributed by atoms with Gasteiger partial charge in [-0.15, -0.1) is 0 Å². The van der Waals surface area contributed by atoms with Gasteiger partial charge in [-0.1, -0.05) is 0 Å². The highest BCUT2D eigenvalue weighted by atomic mass is 32.2. The molecule has 4 nitrogen and oxygen atoms in total. The van der Waals surface area contributed by atoms with Crippen LogP contribution < -0.4 is 0 Å². The predicted octanol–water partition coefficient (Wildman–Crippen LogP) is 0.389. The molecule has 12 heavy (non-hydrogen) atoms. The molecule has 72 valence electrons. The number of rotatable bonds is 4. The Bertz CT molecular complexity index is 216. The summed E-state index contributed by atoms with van der Waals surface area (Å²) in [4.78, 5) is 0. The van der Waals surface area contributed by atoms with Gasteiger partial charge in [0.1, 0.15) is 0 Å². The first-order valence-electron chi connectivity index (χ1n) is 4.00.